The molecule has 0 amide bonds. The van der Waals surface area contributed by atoms with Gasteiger partial charge in [-0.1, -0.05) is 49.1 Å². The van der Waals surface area contributed by atoms with Gasteiger partial charge in [-0.05, 0) is 105 Å². The van der Waals surface area contributed by atoms with Gasteiger partial charge >= 0.3 is 0 Å². The fraction of sp³-hybridized carbons (Fsp3) is 0.548. The van der Waals surface area contributed by atoms with Gasteiger partial charge in [0, 0.05) is 6.54 Å². The Morgan fingerprint density at radius 3 is 2.59 bits per heavy atom. The van der Waals surface area contributed by atoms with Crippen LogP contribution in [-0.2, 0) is 5.41 Å². The molecule has 3 aromatic rings. The molecule has 2 aromatic carbocycles. The lowest BCUT2D eigenvalue weighted by atomic mass is 9.69. The zero-order chi connectivity index (χ0) is 24.7. The maximum Gasteiger partial charge on any atom is 0.282 e. The standard InChI is InChI=1S/C31H35ClN4O/c32-25-5-4-6-26-28(25)29(37)34-30-31(11-2-1-3-12-31)24-8-7-20(15-27(24)36(26)30)19-9-13-35(14-10-19)18-23-21-16-33-17-22(21)23/h4-8,15,19,21-23,33H,1-3,9-14,16-18H2/t21-,22+,23?. The zero-order valence-electron chi connectivity index (χ0n) is 21.4. The Morgan fingerprint density at radius 2 is 1.81 bits per heavy atom. The SMILES string of the molecule is O=c1nc2n(c3cccc(Cl)c13)-c1cc(C3CCN(CC4[C@H]5CNC[C@@H]45)CC3)ccc1C21CCCCC1. The van der Waals surface area contributed by atoms with Gasteiger partial charge in [0.05, 0.1) is 27.0 Å². The predicted octanol–water partition coefficient (Wildman–Crippen LogP) is 5.25. The second-order valence-corrected chi connectivity index (χ2v) is 12.8. The summed E-state index contributed by atoms with van der Waals surface area (Å²) < 4.78 is 2.29. The van der Waals surface area contributed by atoms with E-state index in [4.69, 9.17) is 16.6 Å². The number of hydrogen-bond acceptors (Lipinski definition) is 4. The quantitative estimate of drug-likeness (QED) is 0.519. The first-order valence-corrected chi connectivity index (χ1v) is 14.8. The van der Waals surface area contributed by atoms with E-state index in [1.54, 1.807) is 0 Å². The molecule has 1 N–H and O–H groups in total. The summed E-state index contributed by atoms with van der Waals surface area (Å²) >= 11 is 6.54. The lowest BCUT2D eigenvalue weighted by Crippen LogP contribution is -2.35. The summed E-state index contributed by atoms with van der Waals surface area (Å²) in [6.07, 6.45) is 8.21. The topological polar surface area (TPSA) is 50.2 Å². The number of nitrogens with zero attached hydrogens (tertiary/aromatic N) is 3. The molecular weight excluding hydrogens is 480 g/mol. The van der Waals surface area contributed by atoms with Gasteiger partial charge in [-0.15, -0.1) is 0 Å². The van der Waals surface area contributed by atoms with Crippen molar-refractivity contribution in [3.63, 3.8) is 0 Å². The van der Waals surface area contributed by atoms with Crippen molar-refractivity contribution in [2.45, 2.75) is 56.3 Å². The van der Waals surface area contributed by atoms with E-state index in [1.165, 1.54) is 81.6 Å². The highest BCUT2D eigenvalue weighted by molar-refractivity contribution is 6.35. The number of rotatable bonds is 3. The molecule has 2 aliphatic carbocycles. The molecule has 0 bridgehead atoms. The van der Waals surface area contributed by atoms with Crippen molar-refractivity contribution in [3.8, 4) is 5.69 Å². The number of likely N-dealkylation sites (tertiary alicyclic amines) is 1. The van der Waals surface area contributed by atoms with E-state index in [2.05, 4.69) is 33.0 Å². The Morgan fingerprint density at radius 1 is 1.03 bits per heavy atom. The van der Waals surface area contributed by atoms with E-state index in [0.717, 1.165) is 41.9 Å². The van der Waals surface area contributed by atoms with Gasteiger partial charge in [-0.25, -0.2) is 0 Å². The van der Waals surface area contributed by atoms with E-state index >= 15 is 0 Å². The molecule has 2 saturated carbocycles. The lowest BCUT2D eigenvalue weighted by molar-refractivity contribution is 0.197. The third-order valence-corrected chi connectivity index (χ3v) is 10.9. The molecular formula is C31H35ClN4O. The number of fused-ring (bicyclic) bond motifs is 8. The minimum Gasteiger partial charge on any atom is -0.316 e. The Balaban J connectivity index is 1.15. The third-order valence-electron chi connectivity index (χ3n) is 10.6. The van der Waals surface area contributed by atoms with E-state index in [0.29, 0.717) is 16.3 Å². The van der Waals surface area contributed by atoms with E-state index < -0.39 is 0 Å². The first-order chi connectivity index (χ1) is 18.1. The van der Waals surface area contributed by atoms with Gasteiger partial charge in [0.1, 0.15) is 5.82 Å². The number of hydrogen-bond donors (Lipinski definition) is 1. The summed E-state index contributed by atoms with van der Waals surface area (Å²) in [4.78, 5) is 20.7. The Kier molecular flexibility index (Phi) is 5.16. The van der Waals surface area contributed by atoms with Crippen LogP contribution < -0.4 is 10.9 Å². The molecule has 6 heteroatoms. The summed E-state index contributed by atoms with van der Waals surface area (Å²) in [6.45, 7) is 6.20. The molecule has 3 atom stereocenters. The molecule has 0 radical (unpaired) electrons. The Bertz CT molecular complexity index is 1440. The van der Waals surface area contributed by atoms with Crippen LogP contribution in [0.15, 0.2) is 41.2 Å². The average Bonchev–Trinajstić information content (AvgIpc) is 3.23. The van der Waals surface area contributed by atoms with Crippen LogP contribution in [0.3, 0.4) is 0 Å². The molecule has 1 unspecified atom stereocenters. The highest BCUT2D eigenvalue weighted by Crippen LogP contribution is 2.52. The molecule has 1 spiro atoms. The molecule has 4 fully saturated rings. The predicted molar refractivity (Wildman–Crippen MR) is 148 cm³/mol. The van der Waals surface area contributed by atoms with Gasteiger partial charge in [0.15, 0.2) is 0 Å². The van der Waals surface area contributed by atoms with Gasteiger partial charge in [0.2, 0.25) is 0 Å². The van der Waals surface area contributed by atoms with Crippen molar-refractivity contribution in [2.75, 3.05) is 32.7 Å². The van der Waals surface area contributed by atoms with Gasteiger partial charge < -0.3 is 10.2 Å². The third kappa shape index (κ3) is 3.36. The summed E-state index contributed by atoms with van der Waals surface area (Å²) in [7, 11) is 0. The molecule has 2 saturated heterocycles. The maximum atomic E-state index is 13.2. The zero-order valence-corrected chi connectivity index (χ0v) is 22.1. The van der Waals surface area contributed by atoms with Gasteiger partial charge in [0.25, 0.3) is 5.56 Å². The summed E-state index contributed by atoms with van der Waals surface area (Å²) in [5.41, 5.74) is 4.60. The molecule has 4 heterocycles. The smallest absolute Gasteiger partial charge is 0.282 e. The molecule has 8 rings (SSSR count). The van der Waals surface area contributed by atoms with Crippen molar-refractivity contribution < 1.29 is 0 Å². The number of aromatic nitrogens is 2. The fourth-order valence-electron chi connectivity index (χ4n) is 8.52. The number of halogens is 1. The van der Waals surface area contributed by atoms with E-state index in [1.807, 2.05) is 18.2 Å². The van der Waals surface area contributed by atoms with Crippen LogP contribution in [0.2, 0.25) is 5.02 Å². The van der Waals surface area contributed by atoms with Crippen LogP contribution in [0.1, 0.15) is 67.8 Å². The Labute approximate surface area is 223 Å². The number of piperidine rings is 2. The van der Waals surface area contributed by atoms with Crippen LogP contribution in [0, 0.1) is 17.8 Å². The second-order valence-electron chi connectivity index (χ2n) is 12.4. The molecule has 5 nitrogen and oxygen atoms in total. The molecule has 3 aliphatic heterocycles. The first kappa shape index (κ1) is 22.7. The van der Waals surface area contributed by atoms with Gasteiger partial charge in [-0.2, -0.15) is 4.98 Å². The van der Waals surface area contributed by atoms with Crippen LogP contribution >= 0.6 is 11.6 Å². The van der Waals surface area contributed by atoms with Crippen molar-refractivity contribution in [3.05, 3.63) is 68.7 Å². The van der Waals surface area contributed by atoms with E-state index in [9.17, 15) is 4.79 Å². The van der Waals surface area contributed by atoms with Crippen LogP contribution in [-0.4, -0.2) is 47.2 Å². The fourth-order valence-corrected chi connectivity index (χ4v) is 8.77. The monoisotopic (exact) mass is 514 g/mol. The van der Waals surface area contributed by atoms with Crippen LogP contribution in [0.4, 0.5) is 0 Å². The first-order valence-electron chi connectivity index (χ1n) is 14.4. The normalized spacial score (nSPS) is 28.4. The summed E-state index contributed by atoms with van der Waals surface area (Å²) in [5.74, 6) is 4.38. The minimum absolute atomic E-state index is 0.150. The molecule has 1 aromatic heterocycles. The second kappa shape index (κ2) is 8.39. The Hall–Kier alpha value is -2.21. The molecule has 5 aliphatic rings. The number of benzene rings is 2. The van der Waals surface area contributed by atoms with E-state index in [-0.39, 0.29) is 11.0 Å². The van der Waals surface area contributed by atoms with Crippen LogP contribution in [0.5, 0.6) is 0 Å². The minimum atomic E-state index is -0.187. The highest BCUT2D eigenvalue weighted by atomic mass is 35.5. The average molecular weight is 515 g/mol. The van der Waals surface area contributed by atoms with Gasteiger partial charge in [-0.3, -0.25) is 9.36 Å². The highest BCUT2D eigenvalue weighted by Gasteiger charge is 2.53. The lowest BCUT2D eigenvalue weighted by Gasteiger charge is -2.34. The maximum absolute atomic E-state index is 13.2. The largest absolute Gasteiger partial charge is 0.316 e. The van der Waals surface area contributed by atoms with Crippen LogP contribution in [0.25, 0.3) is 16.6 Å². The summed E-state index contributed by atoms with van der Waals surface area (Å²) in [5, 5.41) is 4.58. The number of nitrogens with one attached hydrogen (secondary N) is 1. The van der Waals surface area contributed by atoms with Crippen molar-refractivity contribution in [1.82, 2.24) is 19.8 Å². The molecule has 37 heavy (non-hydrogen) atoms. The molecule has 192 valence electrons. The van der Waals surface area contributed by atoms with Crippen molar-refractivity contribution >= 4 is 22.5 Å². The van der Waals surface area contributed by atoms with Crippen molar-refractivity contribution in [1.29, 1.82) is 0 Å². The summed E-state index contributed by atoms with van der Waals surface area (Å²) in [6, 6.07) is 13.0. The van der Waals surface area contributed by atoms with Crippen molar-refractivity contribution in [2.24, 2.45) is 17.8 Å².